The molecule has 0 radical (unpaired) electrons. The van der Waals surface area contributed by atoms with Crippen molar-refractivity contribution in [1.29, 1.82) is 0 Å². The second-order valence-electron chi connectivity index (χ2n) is 6.69. The molecule has 164 valence electrons. The lowest BCUT2D eigenvalue weighted by molar-refractivity contribution is -0.117. The Bertz CT molecular complexity index is 1080. The number of amides is 2. The average molecular weight is 432 g/mol. The number of benzene rings is 3. The molecule has 0 aromatic heterocycles. The number of carbonyl (C=O) groups is 2. The van der Waals surface area contributed by atoms with E-state index in [1.165, 1.54) is 13.2 Å². The summed E-state index contributed by atoms with van der Waals surface area (Å²) in [5.41, 5.74) is 6.92. The highest BCUT2D eigenvalue weighted by Gasteiger charge is 2.07. The van der Waals surface area contributed by atoms with Crippen LogP contribution in [0.15, 0.2) is 78.9 Å². The number of ether oxygens (including phenoxy) is 3. The normalized spacial score (nSPS) is 10.4. The Morgan fingerprint density at radius 2 is 1.56 bits per heavy atom. The fourth-order valence-electron chi connectivity index (χ4n) is 2.80. The number of hydrogen-bond acceptors (Lipinski definition) is 5. The summed E-state index contributed by atoms with van der Waals surface area (Å²) in [6.07, 6.45) is 2.91. The van der Waals surface area contributed by atoms with Gasteiger partial charge in [0.2, 0.25) is 0 Å². The van der Waals surface area contributed by atoms with E-state index in [0.717, 1.165) is 11.1 Å². The van der Waals surface area contributed by atoms with Crippen molar-refractivity contribution < 1.29 is 23.8 Å². The molecule has 3 aromatic carbocycles. The Balaban J connectivity index is 1.48. The smallest absolute Gasteiger partial charge is 0.269 e. The second kappa shape index (κ2) is 11.2. The van der Waals surface area contributed by atoms with Crippen LogP contribution in [-0.4, -0.2) is 26.0 Å². The van der Waals surface area contributed by atoms with Crippen molar-refractivity contribution in [2.24, 2.45) is 0 Å². The first-order chi connectivity index (χ1) is 15.6. The van der Waals surface area contributed by atoms with Crippen molar-refractivity contribution in [3.8, 4) is 17.2 Å². The van der Waals surface area contributed by atoms with Crippen LogP contribution in [0.2, 0.25) is 0 Å². The van der Waals surface area contributed by atoms with Gasteiger partial charge in [0, 0.05) is 11.6 Å². The van der Waals surface area contributed by atoms with Crippen LogP contribution in [0.3, 0.4) is 0 Å². The molecule has 3 aromatic rings. The second-order valence-corrected chi connectivity index (χ2v) is 6.69. The van der Waals surface area contributed by atoms with E-state index in [4.69, 9.17) is 14.2 Å². The molecule has 0 spiro atoms. The molecule has 0 aliphatic carbocycles. The molecule has 7 nitrogen and oxygen atoms in total. The zero-order valence-corrected chi connectivity index (χ0v) is 17.8. The van der Waals surface area contributed by atoms with Crippen LogP contribution in [0, 0.1) is 0 Å². The van der Waals surface area contributed by atoms with Crippen molar-refractivity contribution in [3.05, 3.63) is 95.6 Å². The fourth-order valence-corrected chi connectivity index (χ4v) is 2.80. The first-order valence-electron chi connectivity index (χ1n) is 9.86. The number of methoxy groups -OCH3 is 2. The van der Waals surface area contributed by atoms with Crippen LogP contribution in [0.25, 0.3) is 6.08 Å². The summed E-state index contributed by atoms with van der Waals surface area (Å²) in [6, 6.07) is 21.7. The van der Waals surface area contributed by atoms with Crippen molar-refractivity contribution >= 4 is 17.9 Å². The number of hydrazine groups is 1. The van der Waals surface area contributed by atoms with Gasteiger partial charge in [-0.05, 0) is 53.6 Å². The lowest BCUT2D eigenvalue weighted by Crippen LogP contribution is -2.40. The minimum Gasteiger partial charge on any atom is -0.493 e. The quantitative estimate of drug-likeness (QED) is 0.418. The van der Waals surface area contributed by atoms with Gasteiger partial charge in [-0.25, -0.2) is 0 Å². The summed E-state index contributed by atoms with van der Waals surface area (Å²) in [7, 11) is 3.09. The van der Waals surface area contributed by atoms with Crippen LogP contribution in [0.1, 0.15) is 21.5 Å². The van der Waals surface area contributed by atoms with Crippen molar-refractivity contribution in [3.63, 3.8) is 0 Å². The summed E-state index contributed by atoms with van der Waals surface area (Å²) in [6.45, 7) is 0.439. The highest BCUT2D eigenvalue weighted by atomic mass is 16.5. The number of rotatable bonds is 8. The molecule has 0 saturated heterocycles. The van der Waals surface area contributed by atoms with Crippen molar-refractivity contribution in [2.75, 3.05) is 14.2 Å². The molecule has 2 amide bonds. The molecule has 0 fully saturated rings. The van der Waals surface area contributed by atoms with Gasteiger partial charge in [0.05, 0.1) is 14.2 Å². The maximum absolute atomic E-state index is 12.2. The lowest BCUT2D eigenvalue weighted by atomic mass is 10.2. The van der Waals surface area contributed by atoms with Crippen LogP contribution in [0.5, 0.6) is 17.2 Å². The minimum absolute atomic E-state index is 0.390. The topological polar surface area (TPSA) is 85.9 Å². The molecule has 0 aliphatic heterocycles. The van der Waals surface area contributed by atoms with Crippen LogP contribution in [0.4, 0.5) is 0 Å². The monoisotopic (exact) mass is 432 g/mol. The van der Waals surface area contributed by atoms with Crippen molar-refractivity contribution in [1.82, 2.24) is 10.9 Å². The molecule has 0 unspecified atom stereocenters. The zero-order chi connectivity index (χ0) is 22.8. The third-order valence-corrected chi connectivity index (χ3v) is 4.50. The number of hydrogen-bond donors (Lipinski definition) is 2. The maximum Gasteiger partial charge on any atom is 0.269 e. The summed E-state index contributed by atoms with van der Waals surface area (Å²) in [5, 5.41) is 0. The van der Waals surface area contributed by atoms with Crippen molar-refractivity contribution in [2.45, 2.75) is 6.61 Å². The Kier molecular flexibility index (Phi) is 7.86. The van der Waals surface area contributed by atoms with E-state index in [1.54, 1.807) is 55.7 Å². The predicted octanol–water partition coefficient (Wildman–Crippen LogP) is 3.76. The molecule has 0 aliphatic rings. The molecule has 3 rings (SSSR count). The molecule has 0 heterocycles. The summed E-state index contributed by atoms with van der Waals surface area (Å²) < 4.78 is 16.1. The predicted molar refractivity (Wildman–Crippen MR) is 121 cm³/mol. The molecule has 7 heteroatoms. The standard InChI is InChI=1S/C25H24N2O5/c1-30-22-14-8-18(16-23(22)31-2)9-15-24(28)26-27-25(29)20-10-12-21(13-11-20)32-17-19-6-4-3-5-7-19/h3-16H,17H2,1-2H3,(H,26,28)(H,27,29)/b15-9+. The van der Waals surface area contributed by atoms with Gasteiger partial charge >= 0.3 is 0 Å². The summed E-state index contributed by atoms with van der Waals surface area (Å²) >= 11 is 0. The third-order valence-electron chi connectivity index (χ3n) is 4.50. The van der Waals surface area contributed by atoms with E-state index in [0.29, 0.717) is 29.4 Å². The first kappa shape index (κ1) is 22.4. The Labute approximate surface area is 186 Å². The van der Waals surface area contributed by atoms with E-state index in [9.17, 15) is 9.59 Å². The average Bonchev–Trinajstić information content (AvgIpc) is 2.85. The minimum atomic E-state index is -0.476. The first-order valence-corrected chi connectivity index (χ1v) is 9.86. The largest absolute Gasteiger partial charge is 0.493 e. The number of carbonyl (C=O) groups excluding carboxylic acids is 2. The van der Waals surface area contributed by atoms with E-state index in [1.807, 2.05) is 30.3 Å². The Morgan fingerprint density at radius 1 is 0.844 bits per heavy atom. The summed E-state index contributed by atoms with van der Waals surface area (Å²) in [4.78, 5) is 24.3. The third kappa shape index (κ3) is 6.37. The van der Waals surface area contributed by atoms with E-state index in [-0.39, 0.29) is 0 Å². The SMILES string of the molecule is COc1ccc(/C=C/C(=O)NNC(=O)c2ccc(OCc3ccccc3)cc2)cc1OC. The molecule has 0 atom stereocenters. The van der Waals surface area contributed by atoms with Gasteiger partial charge in [-0.3, -0.25) is 20.4 Å². The van der Waals surface area contributed by atoms with Gasteiger partial charge in [0.1, 0.15) is 12.4 Å². The maximum atomic E-state index is 12.2. The molecule has 0 saturated carbocycles. The Morgan fingerprint density at radius 3 is 2.25 bits per heavy atom. The van der Waals surface area contributed by atoms with Gasteiger partial charge in [-0.1, -0.05) is 36.4 Å². The molecular formula is C25H24N2O5. The van der Waals surface area contributed by atoms with Gasteiger partial charge in [-0.15, -0.1) is 0 Å². The van der Waals surface area contributed by atoms with Gasteiger partial charge in [0.15, 0.2) is 11.5 Å². The van der Waals surface area contributed by atoms with Gasteiger partial charge in [0.25, 0.3) is 11.8 Å². The molecule has 32 heavy (non-hydrogen) atoms. The zero-order valence-electron chi connectivity index (χ0n) is 17.8. The van der Waals surface area contributed by atoms with E-state index >= 15 is 0 Å². The van der Waals surface area contributed by atoms with Crippen LogP contribution in [-0.2, 0) is 11.4 Å². The van der Waals surface area contributed by atoms with Gasteiger partial charge in [-0.2, -0.15) is 0 Å². The van der Waals surface area contributed by atoms with E-state index < -0.39 is 11.8 Å². The fraction of sp³-hybridized carbons (Fsp3) is 0.120. The summed E-state index contributed by atoms with van der Waals surface area (Å²) in [5.74, 6) is 0.883. The molecular weight excluding hydrogens is 408 g/mol. The molecule has 0 bridgehead atoms. The molecule has 2 N–H and O–H groups in total. The number of nitrogens with one attached hydrogen (secondary N) is 2. The van der Waals surface area contributed by atoms with Gasteiger partial charge < -0.3 is 14.2 Å². The Hall–Kier alpha value is -4.26. The highest BCUT2D eigenvalue weighted by Crippen LogP contribution is 2.27. The van der Waals surface area contributed by atoms with Crippen LogP contribution >= 0.6 is 0 Å². The van der Waals surface area contributed by atoms with Crippen LogP contribution < -0.4 is 25.1 Å². The highest BCUT2D eigenvalue weighted by molar-refractivity contribution is 5.98. The lowest BCUT2D eigenvalue weighted by Gasteiger charge is -2.08. The van der Waals surface area contributed by atoms with E-state index in [2.05, 4.69) is 10.9 Å².